The number of rotatable bonds is 9. The first kappa shape index (κ1) is 41.6. The Labute approximate surface area is 389 Å². The van der Waals surface area contributed by atoms with Crippen LogP contribution >= 0.6 is 17.0 Å². The Bertz CT molecular complexity index is 3070. The molecule has 0 aromatic heterocycles. The topological polar surface area (TPSA) is 0 Å². The molecule has 0 amide bonds. The van der Waals surface area contributed by atoms with E-state index in [1.54, 1.807) is 0 Å². The van der Waals surface area contributed by atoms with E-state index in [1.165, 1.54) is 114 Å². The molecule has 3 aliphatic rings. The van der Waals surface area contributed by atoms with Gasteiger partial charge in [0.25, 0.3) is 0 Å². The molecule has 64 heavy (non-hydrogen) atoms. The first-order valence-electron chi connectivity index (χ1n) is 23.0. The predicted octanol–water partition coefficient (Wildman–Crippen LogP) is 14.8. The first-order chi connectivity index (χ1) is 31.2. The third-order valence-electron chi connectivity index (χ3n) is 14.8. The maximum absolute atomic E-state index is 9.45. The Morgan fingerprint density at radius 3 is 1.36 bits per heavy atom. The van der Waals surface area contributed by atoms with Gasteiger partial charge in [-0.2, -0.15) is 0 Å². The van der Waals surface area contributed by atoms with Gasteiger partial charge in [0.2, 0.25) is 0 Å². The van der Waals surface area contributed by atoms with Gasteiger partial charge in [-0.15, -0.1) is 0 Å². The monoisotopic (exact) mass is 959 g/mol. The molecule has 313 valence electrons. The number of benzene rings is 8. The van der Waals surface area contributed by atoms with Crippen molar-refractivity contribution in [1.29, 1.82) is 0 Å². The van der Waals surface area contributed by atoms with Crippen LogP contribution in [0.25, 0.3) is 67.8 Å². The molecule has 0 bridgehead atoms. The number of hydrogen-bond acceptors (Lipinski definition) is 0. The molecule has 1 aliphatic heterocycles. The zero-order valence-electron chi connectivity index (χ0n) is 36.9. The van der Waals surface area contributed by atoms with Gasteiger partial charge < -0.3 is 0 Å². The van der Waals surface area contributed by atoms with Crippen molar-refractivity contribution in [2.75, 3.05) is 0 Å². The van der Waals surface area contributed by atoms with Crippen LogP contribution in [-0.2, 0) is 16.4 Å². The molecule has 0 fully saturated rings. The van der Waals surface area contributed by atoms with E-state index in [9.17, 15) is 17.0 Å². The minimum atomic E-state index is -5.74. The van der Waals surface area contributed by atoms with Crippen LogP contribution in [0, 0.1) is 13.8 Å². The average molecular weight is 962 g/mol. The van der Waals surface area contributed by atoms with E-state index in [0.29, 0.717) is 0 Å². The summed E-state index contributed by atoms with van der Waals surface area (Å²) >= 11 is -5.74. The summed E-state index contributed by atoms with van der Waals surface area (Å²) in [5, 5.41) is 2.93. The van der Waals surface area contributed by atoms with Crippen molar-refractivity contribution in [3.63, 3.8) is 0 Å². The third-order valence-corrected chi connectivity index (χ3v) is 37.6. The number of aryl methyl sites for hydroxylation is 2. The molecule has 1 heterocycles. The predicted molar refractivity (Wildman–Crippen MR) is 277 cm³/mol. The molecule has 11 rings (SSSR count). The molecule has 0 radical (unpaired) electrons. The summed E-state index contributed by atoms with van der Waals surface area (Å²) in [5.74, 6) is 0. The van der Waals surface area contributed by atoms with Gasteiger partial charge >= 0.3 is 393 Å². The van der Waals surface area contributed by atoms with Gasteiger partial charge in [-0.1, -0.05) is 0 Å². The molecule has 2 aliphatic carbocycles. The van der Waals surface area contributed by atoms with E-state index < -0.39 is 25.9 Å². The van der Waals surface area contributed by atoms with Crippen LogP contribution in [0.1, 0.15) is 67.3 Å². The molecule has 8 aromatic rings. The van der Waals surface area contributed by atoms with Crippen LogP contribution in [0.3, 0.4) is 0 Å². The van der Waals surface area contributed by atoms with Crippen molar-refractivity contribution in [1.82, 2.24) is 0 Å². The Kier molecular flexibility index (Phi) is 10.5. The summed E-state index contributed by atoms with van der Waals surface area (Å²) in [6, 6.07) is 65.2. The molecular weight excluding hydrogens is 911 g/mol. The summed E-state index contributed by atoms with van der Waals surface area (Å²) in [4.78, 5) is 0. The van der Waals surface area contributed by atoms with Crippen molar-refractivity contribution in [3.05, 3.63) is 220 Å². The van der Waals surface area contributed by atoms with Crippen LogP contribution < -0.4 is 13.6 Å². The summed E-state index contributed by atoms with van der Waals surface area (Å²) in [7, 11) is 18.0. The van der Waals surface area contributed by atoms with Gasteiger partial charge in [0.05, 0.1) is 0 Å². The zero-order valence-corrected chi connectivity index (χ0v) is 42.3. The molecular formula is C60H51Cl2SiZr. The van der Waals surface area contributed by atoms with E-state index in [4.69, 9.17) is 0 Å². The standard InChI is InChI=1S/2C24H21.C12H9Si.2ClH.Zr/c2*1-3-18-15-20-13-14-22(19-10-5-4-6-11-19)24(23(20)16-18)21-12-8-7-9-17(21)2;1-3-7-11-9(5-1)10-6-2-4-8-12(10)13-11;;;/h2*4-16H,3H2,1-2H3;1-7H,13H2;2*1H;/q;;;;;+2/p-2. The van der Waals surface area contributed by atoms with Gasteiger partial charge in [-0.3, -0.25) is 0 Å². The fourth-order valence-corrected chi connectivity index (χ4v) is 40.2. The third kappa shape index (κ3) is 6.31. The number of halogens is 2. The maximum atomic E-state index is 9.45. The van der Waals surface area contributed by atoms with Gasteiger partial charge in [-0.05, 0) is 0 Å². The quantitative estimate of drug-likeness (QED) is 0.126. The summed E-state index contributed by atoms with van der Waals surface area (Å²) in [5.41, 5.74) is 23.0. The Morgan fingerprint density at radius 2 is 0.875 bits per heavy atom. The molecule has 0 spiro atoms. The summed E-state index contributed by atoms with van der Waals surface area (Å²) in [6.07, 6.45) is 6.75. The molecule has 0 nitrogen and oxygen atoms in total. The van der Waals surface area contributed by atoms with Crippen LogP contribution in [0.15, 0.2) is 187 Å². The second-order valence-electron chi connectivity index (χ2n) is 18.2. The summed E-state index contributed by atoms with van der Waals surface area (Å²) < 4.78 is 0.972. The second-order valence-corrected chi connectivity index (χ2v) is 40.6. The van der Waals surface area contributed by atoms with E-state index in [2.05, 4.69) is 216 Å². The van der Waals surface area contributed by atoms with Crippen LogP contribution in [0.4, 0.5) is 0 Å². The van der Waals surface area contributed by atoms with E-state index in [-0.39, 0.29) is 7.25 Å². The van der Waals surface area contributed by atoms with Crippen LogP contribution in [-0.4, -0.2) is 9.52 Å². The van der Waals surface area contributed by atoms with E-state index >= 15 is 0 Å². The van der Waals surface area contributed by atoms with Crippen molar-refractivity contribution in [2.45, 2.75) is 47.8 Å². The SMILES string of the molecule is CCC1=Cc2c(ccc(-c3ccccc3)c2-c2ccccc2C)[CH]1[Zr]([Cl])([Cl])([c]1cccc2c1[SiH2]c1ccccc1-2)[CH]1C(CC)=Cc2c1ccc(-c1ccccc1)c2-c1ccccc1C. The molecule has 0 saturated carbocycles. The van der Waals surface area contributed by atoms with Crippen molar-refractivity contribution < 1.29 is 16.4 Å². The minimum absolute atomic E-state index is 0.150. The van der Waals surface area contributed by atoms with E-state index in [0.717, 1.165) is 12.8 Å². The Balaban J connectivity index is 1.24. The Morgan fingerprint density at radius 1 is 0.438 bits per heavy atom. The molecule has 2 atom stereocenters. The fraction of sp³-hybridized carbons (Fsp3) is 0.133. The average Bonchev–Trinajstić information content (AvgIpc) is 4.04. The number of hydrogen-bond donors (Lipinski definition) is 0. The van der Waals surface area contributed by atoms with E-state index in [1.807, 2.05) is 0 Å². The molecule has 0 saturated heterocycles. The van der Waals surface area contributed by atoms with Crippen molar-refractivity contribution in [2.24, 2.45) is 0 Å². The molecule has 8 aromatic carbocycles. The van der Waals surface area contributed by atoms with Gasteiger partial charge in [0, 0.05) is 0 Å². The number of fused-ring (bicyclic) bond motifs is 5. The van der Waals surface area contributed by atoms with Crippen LogP contribution in [0.5, 0.6) is 0 Å². The first-order valence-corrected chi connectivity index (χ1v) is 34.8. The zero-order chi connectivity index (χ0) is 43.8. The summed E-state index contributed by atoms with van der Waals surface area (Å²) in [6.45, 7) is 9.13. The van der Waals surface area contributed by atoms with Gasteiger partial charge in [0.15, 0.2) is 0 Å². The number of allylic oxidation sites excluding steroid dienone is 2. The molecule has 2 unspecified atom stereocenters. The van der Waals surface area contributed by atoms with Crippen LogP contribution in [0.2, 0.25) is 0 Å². The van der Waals surface area contributed by atoms with Gasteiger partial charge in [-0.25, -0.2) is 0 Å². The fourth-order valence-electron chi connectivity index (χ4n) is 12.0. The second kappa shape index (κ2) is 16.1. The molecule has 4 heteroatoms. The molecule has 0 N–H and O–H groups in total. The van der Waals surface area contributed by atoms with Crippen molar-refractivity contribution >= 4 is 52.3 Å². The Hall–Kier alpha value is -5.08. The normalized spacial score (nSPS) is 16.9. The van der Waals surface area contributed by atoms with Crippen molar-refractivity contribution in [3.8, 4) is 55.6 Å². The van der Waals surface area contributed by atoms with Gasteiger partial charge in [0.1, 0.15) is 0 Å².